The third kappa shape index (κ3) is 6.29. The Morgan fingerprint density at radius 1 is 1.45 bits per heavy atom. The number of carbonyl (C=O) groups is 2. The maximum Gasteiger partial charge on any atom is 0.326 e. The number of carboxylic acid groups (broad SMARTS) is 1. The van der Waals surface area contributed by atoms with E-state index in [9.17, 15) is 9.59 Å². The minimum absolute atomic E-state index is 0.0383. The molecule has 3 N–H and O–H groups in total. The molecule has 0 spiro atoms. The summed E-state index contributed by atoms with van der Waals surface area (Å²) in [7, 11) is 0. The number of hydrogen-bond acceptors (Lipinski definition) is 4. The molecule has 5 nitrogen and oxygen atoms in total. The number of carbonyl (C=O) groups excluding carboxylic acids is 1. The van der Waals surface area contributed by atoms with Crippen molar-refractivity contribution in [3.8, 4) is 0 Å². The second-order valence-corrected chi connectivity index (χ2v) is 6.49. The number of amides is 2. The van der Waals surface area contributed by atoms with E-state index in [0.29, 0.717) is 12.2 Å². The maximum absolute atomic E-state index is 11.8. The molecule has 0 saturated heterocycles. The number of thioether (sulfide) groups is 1. The van der Waals surface area contributed by atoms with E-state index < -0.39 is 18.0 Å². The van der Waals surface area contributed by atoms with Crippen LogP contribution >= 0.6 is 23.1 Å². The van der Waals surface area contributed by atoms with Crippen molar-refractivity contribution in [3.63, 3.8) is 0 Å². The van der Waals surface area contributed by atoms with Crippen LogP contribution in [0.25, 0.3) is 0 Å². The van der Waals surface area contributed by atoms with Gasteiger partial charge in [0, 0.05) is 17.3 Å². The van der Waals surface area contributed by atoms with Crippen LogP contribution < -0.4 is 10.6 Å². The van der Waals surface area contributed by atoms with E-state index in [1.165, 1.54) is 4.88 Å². The van der Waals surface area contributed by atoms with E-state index in [1.807, 2.05) is 30.7 Å². The van der Waals surface area contributed by atoms with Crippen molar-refractivity contribution in [1.82, 2.24) is 10.6 Å². The Balaban J connectivity index is 2.38. The monoisotopic (exact) mass is 316 g/mol. The minimum Gasteiger partial charge on any atom is -0.480 e. The summed E-state index contributed by atoms with van der Waals surface area (Å²) in [6.07, 6.45) is 3.07. The van der Waals surface area contributed by atoms with Crippen molar-refractivity contribution in [2.75, 3.05) is 12.0 Å². The fraction of sp³-hybridized carbons (Fsp3) is 0.538. The molecule has 0 saturated carbocycles. The SMILES string of the molecule is CSCCC(NC(=O)NC(C)Cc1cccs1)C(=O)O. The average molecular weight is 316 g/mol. The Labute approximate surface area is 127 Å². The van der Waals surface area contributed by atoms with Crippen LogP contribution in [0.4, 0.5) is 4.79 Å². The van der Waals surface area contributed by atoms with Gasteiger partial charge in [0.05, 0.1) is 0 Å². The number of carboxylic acids is 1. The first-order valence-electron chi connectivity index (χ1n) is 6.34. The fourth-order valence-corrected chi connectivity index (χ4v) is 3.01. The molecule has 0 fully saturated rings. The van der Waals surface area contributed by atoms with Gasteiger partial charge >= 0.3 is 12.0 Å². The highest BCUT2D eigenvalue weighted by Gasteiger charge is 2.20. The largest absolute Gasteiger partial charge is 0.480 e. The van der Waals surface area contributed by atoms with Gasteiger partial charge in [0.2, 0.25) is 0 Å². The molecule has 1 aromatic rings. The highest BCUT2D eigenvalue weighted by Crippen LogP contribution is 2.10. The van der Waals surface area contributed by atoms with Gasteiger partial charge in [-0.25, -0.2) is 9.59 Å². The van der Waals surface area contributed by atoms with E-state index >= 15 is 0 Å². The lowest BCUT2D eigenvalue weighted by Gasteiger charge is -2.17. The summed E-state index contributed by atoms with van der Waals surface area (Å²) in [4.78, 5) is 24.0. The van der Waals surface area contributed by atoms with Gasteiger partial charge in [-0.3, -0.25) is 0 Å². The number of urea groups is 1. The number of nitrogens with one attached hydrogen (secondary N) is 2. The quantitative estimate of drug-likeness (QED) is 0.687. The molecule has 2 unspecified atom stereocenters. The molecule has 2 amide bonds. The zero-order valence-electron chi connectivity index (χ0n) is 11.6. The fourth-order valence-electron chi connectivity index (χ4n) is 1.70. The third-order valence-corrected chi connectivity index (χ3v) is 4.22. The van der Waals surface area contributed by atoms with E-state index in [4.69, 9.17) is 5.11 Å². The van der Waals surface area contributed by atoms with Crippen LogP contribution in [0, 0.1) is 0 Å². The zero-order chi connectivity index (χ0) is 15.0. The number of thiophene rings is 1. The van der Waals surface area contributed by atoms with Crippen molar-refractivity contribution in [2.24, 2.45) is 0 Å². The molecular weight excluding hydrogens is 296 g/mol. The van der Waals surface area contributed by atoms with Gasteiger partial charge in [0.15, 0.2) is 0 Å². The highest BCUT2D eigenvalue weighted by molar-refractivity contribution is 7.98. The Bertz CT molecular complexity index is 423. The van der Waals surface area contributed by atoms with Crippen molar-refractivity contribution >= 4 is 35.1 Å². The van der Waals surface area contributed by atoms with Crippen molar-refractivity contribution in [3.05, 3.63) is 22.4 Å². The molecule has 7 heteroatoms. The Morgan fingerprint density at radius 2 is 2.20 bits per heavy atom. The van der Waals surface area contributed by atoms with Gasteiger partial charge in [0.25, 0.3) is 0 Å². The van der Waals surface area contributed by atoms with Crippen molar-refractivity contribution < 1.29 is 14.7 Å². The minimum atomic E-state index is -1.000. The molecule has 0 aliphatic carbocycles. The lowest BCUT2D eigenvalue weighted by atomic mass is 10.2. The molecule has 1 heterocycles. The summed E-state index contributed by atoms with van der Waals surface area (Å²) < 4.78 is 0. The van der Waals surface area contributed by atoms with Crippen LogP contribution in [0.5, 0.6) is 0 Å². The van der Waals surface area contributed by atoms with Crippen molar-refractivity contribution in [1.29, 1.82) is 0 Å². The van der Waals surface area contributed by atoms with Crippen LogP contribution in [0.2, 0.25) is 0 Å². The first kappa shape index (κ1) is 16.8. The van der Waals surface area contributed by atoms with Gasteiger partial charge in [-0.05, 0) is 36.8 Å². The van der Waals surface area contributed by atoms with E-state index in [-0.39, 0.29) is 6.04 Å². The van der Waals surface area contributed by atoms with Crippen LogP contribution in [-0.4, -0.2) is 41.2 Å². The van der Waals surface area contributed by atoms with E-state index in [1.54, 1.807) is 23.1 Å². The average Bonchev–Trinajstić information content (AvgIpc) is 2.86. The zero-order valence-corrected chi connectivity index (χ0v) is 13.2. The molecule has 0 aliphatic rings. The lowest BCUT2D eigenvalue weighted by Crippen LogP contribution is -2.49. The molecule has 112 valence electrons. The normalized spacial score (nSPS) is 13.5. The molecule has 1 rings (SSSR count). The van der Waals surface area contributed by atoms with Gasteiger partial charge in [-0.2, -0.15) is 11.8 Å². The van der Waals surface area contributed by atoms with Crippen LogP contribution in [-0.2, 0) is 11.2 Å². The van der Waals surface area contributed by atoms with Gasteiger partial charge in [-0.1, -0.05) is 6.07 Å². The molecule has 0 bridgehead atoms. The molecule has 0 aromatic carbocycles. The summed E-state index contributed by atoms with van der Waals surface area (Å²) >= 11 is 3.20. The summed E-state index contributed by atoms with van der Waals surface area (Å²) in [5, 5.41) is 16.3. The first-order valence-corrected chi connectivity index (χ1v) is 8.61. The Morgan fingerprint density at radius 3 is 2.75 bits per heavy atom. The summed E-state index contributed by atoms with van der Waals surface area (Å²) in [5.41, 5.74) is 0. The first-order chi connectivity index (χ1) is 9.52. The predicted octanol–water partition coefficient (Wildman–Crippen LogP) is 2.18. The number of aliphatic carboxylic acids is 1. The van der Waals surface area contributed by atoms with Crippen LogP contribution in [0.3, 0.4) is 0 Å². The van der Waals surface area contributed by atoms with Crippen molar-refractivity contribution in [2.45, 2.75) is 31.8 Å². The van der Waals surface area contributed by atoms with Gasteiger partial charge in [-0.15, -0.1) is 11.3 Å². The molecule has 20 heavy (non-hydrogen) atoms. The second-order valence-electron chi connectivity index (χ2n) is 4.47. The molecule has 2 atom stereocenters. The topological polar surface area (TPSA) is 78.4 Å². The third-order valence-electron chi connectivity index (χ3n) is 2.68. The predicted molar refractivity (Wildman–Crippen MR) is 83.6 cm³/mol. The van der Waals surface area contributed by atoms with Crippen LogP contribution in [0.1, 0.15) is 18.2 Å². The summed E-state index contributed by atoms with van der Waals surface area (Å²) in [5.74, 6) is -0.303. The second kappa shape index (κ2) is 8.86. The van der Waals surface area contributed by atoms with E-state index in [0.717, 1.165) is 6.42 Å². The lowest BCUT2D eigenvalue weighted by molar-refractivity contribution is -0.139. The number of hydrogen-bond donors (Lipinski definition) is 3. The smallest absolute Gasteiger partial charge is 0.326 e. The Hall–Kier alpha value is -1.21. The summed E-state index contributed by atoms with van der Waals surface area (Å²) in [6.45, 7) is 1.90. The standard InChI is InChI=1S/C13H20N2O3S2/c1-9(8-10-4-3-6-20-10)14-13(18)15-11(12(16)17)5-7-19-2/h3-4,6,9,11H,5,7-8H2,1-2H3,(H,16,17)(H2,14,15,18). The van der Waals surface area contributed by atoms with Gasteiger partial charge < -0.3 is 15.7 Å². The number of rotatable bonds is 8. The Kier molecular flexibility index (Phi) is 7.46. The molecule has 1 aromatic heterocycles. The summed E-state index contributed by atoms with van der Waals surface area (Å²) in [6, 6.07) is 2.68. The highest BCUT2D eigenvalue weighted by atomic mass is 32.2. The van der Waals surface area contributed by atoms with Gasteiger partial charge in [0.1, 0.15) is 6.04 Å². The van der Waals surface area contributed by atoms with E-state index in [2.05, 4.69) is 10.6 Å². The molecule has 0 aliphatic heterocycles. The van der Waals surface area contributed by atoms with Crippen LogP contribution in [0.15, 0.2) is 17.5 Å². The molecular formula is C13H20N2O3S2. The maximum atomic E-state index is 11.8. The molecule has 0 radical (unpaired) electrons.